The standard InChI is InChI=1S/C13H10N2O/c1-2-5-11-10(4-1)6-7-12(16-11)13-14-8-3-9-15-13/h1-9,12H. The summed E-state index contributed by atoms with van der Waals surface area (Å²) in [5.41, 5.74) is 1.09. The molecule has 0 saturated heterocycles. The van der Waals surface area contributed by atoms with Gasteiger partial charge in [-0.15, -0.1) is 0 Å². The fourth-order valence-corrected chi connectivity index (χ4v) is 1.69. The lowest BCUT2D eigenvalue weighted by Crippen LogP contribution is -2.11. The number of benzene rings is 1. The molecule has 3 heteroatoms. The molecule has 1 aliphatic rings. The zero-order valence-corrected chi connectivity index (χ0v) is 8.58. The van der Waals surface area contributed by atoms with Crippen LogP contribution in [0.15, 0.2) is 48.8 Å². The summed E-state index contributed by atoms with van der Waals surface area (Å²) in [6.07, 6.45) is 7.27. The molecule has 2 aromatic rings. The van der Waals surface area contributed by atoms with Crippen LogP contribution in [0.1, 0.15) is 17.5 Å². The van der Waals surface area contributed by atoms with Crippen LogP contribution in [0.5, 0.6) is 5.75 Å². The van der Waals surface area contributed by atoms with E-state index in [1.807, 2.05) is 36.4 Å². The maximum Gasteiger partial charge on any atom is 0.176 e. The Hall–Kier alpha value is -2.16. The number of para-hydroxylation sites is 1. The second-order valence-corrected chi connectivity index (χ2v) is 3.54. The van der Waals surface area contributed by atoms with Crippen molar-refractivity contribution in [3.8, 4) is 5.75 Å². The largest absolute Gasteiger partial charge is 0.478 e. The predicted octanol–water partition coefficient (Wildman–Crippen LogP) is 2.62. The molecule has 1 aromatic heterocycles. The van der Waals surface area contributed by atoms with Gasteiger partial charge in [-0.25, -0.2) is 9.97 Å². The Labute approximate surface area is 93.4 Å². The molecule has 0 fully saturated rings. The highest BCUT2D eigenvalue weighted by Crippen LogP contribution is 2.30. The first-order valence-corrected chi connectivity index (χ1v) is 5.14. The van der Waals surface area contributed by atoms with E-state index < -0.39 is 0 Å². The van der Waals surface area contributed by atoms with Crippen LogP contribution in [-0.2, 0) is 0 Å². The Balaban J connectivity index is 1.95. The maximum atomic E-state index is 5.81. The number of ether oxygens (including phenoxy) is 1. The van der Waals surface area contributed by atoms with Gasteiger partial charge in [0.15, 0.2) is 11.9 Å². The first-order valence-electron chi connectivity index (χ1n) is 5.14. The van der Waals surface area contributed by atoms with Crippen molar-refractivity contribution in [3.05, 3.63) is 60.2 Å². The fourth-order valence-electron chi connectivity index (χ4n) is 1.69. The molecule has 0 bridgehead atoms. The third kappa shape index (κ3) is 1.56. The van der Waals surface area contributed by atoms with Gasteiger partial charge in [0.25, 0.3) is 0 Å². The smallest absolute Gasteiger partial charge is 0.176 e. The van der Waals surface area contributed by atoms with Gasteiger partial charge in [-0.05, 0) is 18.2 Å². The summed E-state index contributed by atoms with van der Waals surface area (Å²) in [5, 5.41) is 0. The van der Waals surface area contributed by atoms with Crippen molar-refractivity contribution in [2.75, 3.05) is 0 Å². The van der Waals surface area contributed by atoms with E-state index in [2.05, 4.69) is 9.97 Å². The maximum absolute atomic E-state index is 5.81. The zero-order chi connectivity index (χ0) is 10.8. The van der Waals surface area contributed by atoms with E-state index in [1.165, 1.54) is 0 Å². The Morgan fingerprint density at radius 1 is 1.00 bits per heavy atom. The molecule has 0 amide bonds. The lowest BCUT2D eigenvalue weighted by Gasteiger charge is -2.19. The first kappa shape index (κ1) is 9.09. The van der Waals surface area contributed by atoms with Gasteiger partial charge >= 0.3 is 0 Å². The number of fused-ring (bicyclic) bond motifs is 1. The van der Waals surface area contributed by atoms with Gasteiger partial charge in [0.05, 0.1) is 0 Å². The van der Waals surface area contributed by atoms with E-state index in [4.69, 9.17) is 4.74 Å². The molecule has 1 unspecified atom stereocenters. The van der Waals surface area contributed by atoms with Crippen LogP contribution < -0.4 is 4.74 Å². The molecule has 0 aliphatic carbocycles. The molecule has 0 spiro atoms. The number of rotatable bonds is 1. The number of nitrogens with zero attached hydrogens (tertiary/aromatic N) is 2. The van der Waals surface area contributed by atoms with Gasteiger partial charge in [-0.1, -0.05) is 24.3 Å². The van der Waals surface area contributed by atoms with Gasteiger partial charge in [0.2, 0.25) is 0 Å². The Kier molecular flexibility index (Phi) is 2.14. The molecule has 2 heterocycles. The summed E-state index contributed by atoms with van der Waals surface area (Å²) in [7, 11) is 0. The van der Waals surface area contributed by atoms with Gasteiger partial charge in [0.1, 0.15) is 5.75 Å². The number of hydrogen-bond donors (Lipinski definition) is 0. The summed E-state index contributed by atoms with van der Waals surface area (Å²) < 4.78 is 5.81. The molecular weight excluding hydrogens is 200 g/mol. The molecule has 0 radical (unpaired) electrons. The fraction of sp³-hybridized carbons (Fsp3) is 0.0769. The average molecular weight is 210 g/mol. The van der Waals surface area contributed by atoms with Crippen LogP contribution >= 0.6 is 0 Å². The summed E-state index contributed by atoms with van der Waals surface area (Å²) in [6.45, 7) is 0. The minimum absolute atomic E-state index is 0.184. The van der Waals surface area contributed by atoms with Crippen LogP contribution in [0.3, 0.4) is 0 Å². The monoisotopic (exact) mass is 210 g/mol. The van der Waals surface area contributed by atoms with E-state index in [1.54, 1.807) is 18.5 Å². The lowest BCUT2D eigenvalue weighted by atomic mass is 10.1. The normalized spacial score (nSPS) is 17.6. The van der Waals surface area contributed by atoms with E-state index in [0.29, 0.717) is 5.82 Å². The molecule has 1 aliphatic heterocycles. The molecule has 16 heavy (non-hydrogen) atoms. The van der Waals surface area contributed by atoms with Crippen molar-refractivity contribution < 1.29 is 4.74 Å². The van der Waals surface area contributed by atoms with Crippen molar-refractivity contribution in [2.24, 2.45) is 0 Å². The Morgan fingerprint density at radius 3 is 2.69 bits per heavy atom. The third-order valence-corrected chi connectivity index (χ3v) is 2.46. The third-order valence-electron chi connectivity index (χ3n) is 2.46. The van der Waals surface area contributed by atoms with Gasteiger partial charge in [-0.2, -0.15) is 0 Å². The topological polar surface area (TPSA) is 35.0 Å². The minimum atomic E-state index is -0.184. The van der Waals surface area contributed by atoms with Gasteiger partial charge in [0, 0.05) is 18.0 Å². The van der Waals surface area contributed by atoms with Gasteiger partial charge in [-0.3, -0.25) is 0 Å². The van der Waals surface area contributed by atoms with Crippen LogP contribution in [0.2, 0.25) is 0 Å². The van der Waals surface area contributed by atoms with Crippen molar-refractivity contribution in [1.82, 2.24) is 9.97 Å². The van der Waals surface area contributed by atoms with Crippen LogP contribution in [-0.4, -0.2) is 9.97 Å². The molecule has 78 valence electrons. The van der Waals surface area contributed by atoms with Crippen molar-refractivity contribution in [1.29, 1.82) is 0 Å². The van der Waals surface area contributed by atoms with Gasteiger partial charge < -0.3 is 4.74 Å². The predicted molar refractivity (Wildman–Crippen MR) is 60.9 cm³/mol. The van der Waals surface area contributed by atoms with E-state index in [0.717, 1.165) is 11.3 Å². The second kappa shape index (κ2) is 3.77. The molecule has 0 saturated carbocycles. The van der Waals surface area contributed by atoms with Crippen molar-refractivity contribution in [2.45, 2.75) is 6.10 Å². The van der Waals surface area contributed by atoms with E-state index >= 15 is 0 Å². The minimum Gasteiger partial charge on any atom is -0.478 e. The Morgan fingerprint density at radius 2 is 1.81 bits per heavy atom. The first-order chi connectivity index (χ1) is 7.93. The highest BCUT2D eigenvalue weighted by atomic mass is 16.5. The zero-order valence-electron chi connectivity index (χ0n) is 8.58. The van der Waals surface area contributed by atoms with Crippen LogP contribution in [0.4, 0.5) is 0 Å². The van der Waals surface area contributed by atoms with E-state index in [-0.39, 0.29) is 6.10 Å². The molecule has 1 aromatic carbocycles. The molecule has 3 rings (SSSR count). The van der Waals surface area contributed by atoms with E-state index in [9.17, 15) is 0 Å². The average Bonchev–Trinajstić information content (AvgIpc) is 2.39. The Bertz CT molecular complexity index is 522. The highest BCUT2D eigenvalue weighted by molar-refractivity contribution is 5.59. The molecule has 0 N–H and O–H groups in total. The van der Waals surface area contributed by atoms with Crippen molar-refractivity contribution >= 4 is 6.08 Å². The molecule has 3 nitrogen and oxygen atoms in total. The summed E-state index contributed by atoms with van der Waals surface area (Å²) in [6, 6.07) is 9.72. The van der Waals surface area contributed by atoms with Crippen LogP contribution in [0.25, 0.3) is 6.08 Å². The SMILES string of the molecule is C1=CC(c2ncccn2)Oc2ccccc21. The summed E-state index contributed by atoms with van der Waals surface area (Å²) in [5.74, 6) is 1.57. The number of hydrogen-bond acceptors (Lipinski definition) is 3. The number of aromatic nitrogens is 2. The summed E-state index contributed by atoms with van der Waals surface area (Å²) >= 11 is 0. The second-order valence-electron chi connectivity index (χ2n) is 3.54. The lowest BCUT2D eigenvalue weighted by molar-refractivity contribution is 0.241. The highest BCUT2D eigenvalue weighted by Gasteiger charge is 2.17. The van der Waals surface area contributed by atoms with Crippen LogP contribution in [0, 0.1) is 0 Å². The van der Waals surface area contributed by atoms with Crippen molar-refractivity contribution in [3.63, 3.8) is 0 Å². The quantitative estimate of drug-likeness (QED) is 0.725. The molecular formula is C13H10N2O. The molecule has 1 atom stereocenters. The summed E-state index contributed by atoms with van der Waals surface area (Å²) in [4.78, 5) is 8.38.